The molecular formula is C19H19BrO. The summed E-state index contributed by atoms with van der Waals surface area (Å²) in [4.78, 5) is 13.1. The third-order valence-electron chi connectivity index (χ3n) is 5.38. The summed E-state index contributed by atoms with van der Waals surface area (Å²) in [5.74, 6) is 0.381. The molecule has 0 heterocycles. The Kier molecular flexibility index (Phi) is 3.18. The first-order valence-corrected chi connectivity index (χ1v) is 8.68. The summed E-state index contributed by atoms with van der Waals surface area (Å²) in [6.45, 7) is 0. The van der Waals surface area contributed by atoms with Gasteiger partial charge in [0.2, 0.25) is 0 Å². The lowest BCUT2D eigenvalue weighted by atomic mass is 9.75. The average molecular weight is 343 g/mol. The van der Waals surface area contributed by atoms with Crippen LogP contribution in [0.15, 0.2) is 46.0 Å². The SMILES string of the molecule is O=C1c2cc(Br)ccc2CC12CCCC1=C(C=CCC1)C2. The van der Waals surface area contributed by atoms with Crippen LogP contribution in [0.5, 0.6) is 0 Å². The highest BCUT2D eigenvalue weighted by molar-refractivity contribution is 9.10. The van der Waals surface area contributed by atoms with E-state index in [1.807, 2.05) is 6.07 Å². The van der Waals surface area contributed by atoms with E-state index in [1.54, 1.807) is 5.57 Å². The molecule has 0 bridgehead atoms. The maximum atomic E-state index is 13.1. The molecule has 21 heavy (non-hydrogen) atoms. The fourth-order valence-corrected chi connectivity index (χ4v) is 4.67. The third-order valence-corrected chi connectivity index (χ3v) is 5.87. The highest BCUT2D eigenvalue weighted by Gasteiger charge is 2.46. The normalized spacial score (nSPS) is 27.8. The summed E-state index contributed by atoms with van der Waals surface area (Å²) < 4.78 is 1.01. The Labute approximate surface area is 134 Å². The molecule has 0 N–H and O–H groups in total. The van der Waals surface area contributed by atoms with E-state index >= 15 is 0 Å². The Morgan fingerprint density at radius 1 is 1.14 bits per heavy atom. The maximum Gasteiger partial charge on any atom is 0.169 e. The minimum atomic E-state index is -0.165. The molecule has 0 saturated carbocycles. The highest BCUT2D eigenvalue weighted by Crippen LogP contribution is 2.49. The number of hydrogen-bond acceptors (Lipinski definition) is 1. The van der Waals surface area contributed by atoms with Crippen molar-refractivity contribution in [3.63, 3.8) is 0 Å². The van der Waals surface area contributed by atoms with Crippen molar-refractivity contribution < 1.29 is 4.79 Å². The molecule has 3 aliphatic rings. The van der Waals surface area contributed by atoms with Crippen LogP contribution < -0.4 is 0 Å². The van der Waals surface area contributed by atoms with Crippen LogP contribution in [0.4, 0.5) is 0 Å². The topological polar surface area (TPSA) is 17.1 Å². The lowest BCUT2D eigenvalue weighted by Gasteiger charge is -2.27. The highest BCUT2D eigenvalue weighted by atomic mass is 79.9. The van der Waals surface area contributed by atoms with Crippen molar-refractivity contribution in [1.29, 1.82) is 0 Å². The second kappa shape index (κ2) is 4.95. The van der Waals surface area contributed by atoms with Gasteiger partial charge in [0.1, 0.15) is 0 Å². The van der Waals surface area contributed by atoms with Crippen LogP contribution >= 0.6 is 15.9 Å². The molecule has 0 aromatic heterocycles. The Hall–Kier alpha value is -1.15. The molecule has 108 valence electrons. The third kappa shape index (κ3) is 2.15. The van der Waals surface area contributed by atoms with Gasteiger partial charge in [-0.2, -0.15) is 0 Å². The Bertz CT molecular complexity index is 683. The van der Waals surface area contributed by atoms with Gasteiger partial charge in [-0.25, -0.2) is 0 Å². The lowest BCUT2D eigenvalue weighted by molar-refractivity contribution is 0.0804. The largest absolute Gasteiger partial charge is 0.294 e. The smallest absolute Gasteiger partial charge is 0.169 e. The fourth-order valence-electron chi connectivity index (χ4n) is 4.31. The molecule has 1 unspecified atom stereocenters. The molecule has 4 rings (SSSR count). The summed E-state index contributed by atoms with van der Waals surface area (Å²) in [7, 11) is 0. The molecule has 1 nitrogen and oxygen atoms in total. The predicted octanol–water partition coefficient (Wildman–Crippen LogP) is 5.39. The lowest BCUT2D eigenvalue weighted by Crippen LogP contribution is -2.28. The molecule has 0 saturated heterocycles. The van der Waals surface area contributed by atoms with Crippen LogP contribution in [0.25, 0.3) is 0 Å². The molecule has 0 amide bonds. The van der Waals surface area contributed by atoms with Crippen molar-refractivity contribution >= 4 is 21.7 Å². The van der Waals surface area contributed by atoms with E-state index in [2.05, 4.69) is 40.2 Å². The number of benzene rings is 1. The van der Waals surface area contributed by atoms with Crippen molar-refractivity contribution in [2.45, 2.75) is 44.9 Å². The van der Waals surface area contributed by atoms with E-state index in [4.69, 9.17) is 0 Å². The quantitative estimate of drug-likeness (QED) is 0.617. The van der Waals surface area contributed by atoms with Gasteiger partial charge in [0.25, 0.3) is 0 Å². The van der Waals surface area contributed by atoms with Gasteiger partial charge in [-0.05, 0) is 68.2 Å². The molecule has 0 radical (unpaired) electrons. The second-order valence-electron chi connectivity index (χ2n) is 6.69. The zero-order chi connectivity index (χ0) is 14.4. The second-order valence-corrected chi connectivity index (χ2v) is 7.60. The standard InChI is InChI=1S/C19H19BrO/c20-16-8-7-15-12-19(18(21)17(15)10-16)9-3-6-13-4-1-2-5-14(13)11-19/h2,5,7-8,10H,1,3-4,6,9,11-12H2. The van der Waals surface area contributed by atoms with Gasteiger partial charge in [-0.1, -0.05) is 39.7 Å². The Balaban J connectivity index is 1.74. The van der Waals surface area contributed by atoms with E-state index in [9.17, 15) is 4.79 Å². The number of fused-ring (bicyclic) bond motifs is 1. The van der Waals surface area contributed by atoms with Gasteiger partial charge >= 0.3 is 0 Å². The molecule has 0 aliphatic heterocycles. The maximum absolute atomic E-state index is 13.1. The minimum Gasteiger partial charge on any atom is -0.294 e. The number of allylic oxidation sites excluding steroid dienone is 4. The molecule has 1 atom stereocenters. The number of ketones is 1. The molecule has 0 fully saturated rings. The van der Waals surface area contributed by atoms with Crippen molar-refractivity contribution in [3.05, 3.63) is 57.1 Å². The molecule has 1 spiro atoms. The van der Waals surface area contributed by atoms with E-state index in [0.717, 1.165) is 35.7 Å². The van der Waals surface area contributed by atoms with Crippen molar-refractivity contribution in [1.82, 2.24) is 0 Å². The van der Waals surface area contributed by atoms with Crippen LogP contribution in [0.1, 0.15) is 54.4 Å². The van der Waals surface area contributed by atoms with Crippen molar-refractivity contribution in [2.24, 2.45) is 5.41 Å². The number of rotatable bonds is 0. The molecule has 1 aromatic carbocycles. The van der Waals surface area contributed by atoms with Gasteiger partial charge in [-0.15, -0.1) is 0 Å². The number of hydrogen-bond donors (Lipinski definition) is 0. The van der Waals surface area contributed by atoms with Crippen LogP contribution in [0.3, 0.4) is 0 Å². The van der Waals surface area contributed by atoms with Crippen LogP contribution in [0, 0.1) is 5.41 Å². The summed E-state index contributed by atoms with van der Waals surface area (Å²) in [5, 5.41) is 0. The monoisotopic (exact) mass is 342 g/mol. The van der Waals surface area contributed by atoms with Crippen molar-refractivity contribution in [3.8, 4) is 0 Å². The van der Waals surface area contributed by atoms with Gasteiger partial charge in [0.05, 0.1) is 0 Å². The number of Topliss-reactive ketones (excluding diaryl/α,β-unsaturated/α-hetero) is 1. The van der Waals surface area contributed by atoms with Gasteiger partial charge in [-0.3, -0.25) is 4.79 Å². The Morgan fingerprint density at radius 3 is 2.95 bits per heavy atom. The first-order chi connectivity index (χ1) is 10.2. The van der Waals surface area contributed by atoms with E-state index in [-0.39, 0.29) is 5.41 Å². The number of carbonyl (C=O) groups is 1. The number of halogens is 1. The number of carbonyl (C=O) groups excluding carboxylic acids is 1. The fraction of sp³-hybridized carbons (Fsp3) is 0.421. The summed E-state index contributed by atoms with van der Waals surface area (Å²) in [6.07, 6.45) is 12.2. The minimum absolute atomic E-state index is 0.165. The van der Waals surface area contributed by atoms with Crippen LogP contribution in [-0.2, 0) is 6.42 Å². The first kappa shape index (κ1) is 13.5. The molecule has 2 heteroatoms. The zero-order valence-electron chi connectivity index (χ0n) is 12.1. The first-order valence-electron chi connectivity index (χ1n) is 7.89. The zero-order valence-corrected chi connectivity index (χ0v) is 13.7. The van der Waals surface area contributed by atoms with Gasteiger partial charge < -0.3 is 0 Å². The van der Waals surface area contributed by atoms with E-state index < -0.39 is 0 Å². The van der Waals surface area contributed by atoms with E-state index in [0.29, 0.717) is 5.78 Å². The van der Waals surface area contributed by atoms with Gasteiger partial charge in [0.15, 0.2) is 5.78 Å². The molecule has 1 aromatic rings. The summed E-state index contributed by atoms with van der Waals surface area (Å²) in [5.41, 5.74) is 5.10. The van der Waals surface area contributed by atoms with E-state index in [1.165, 1.54) is 30.4 Å². The van der Waals surface area contributed by atoms with Crippen molar-refractivity contribution in [2.75, 3.05) is 0 Å². The van der Waals surface area contributed by atoms with Gasteiger partial charge in [0, 0.05) is 15.5 Å². The average Bonchev–Trinajstić information content (AvgIpc) is 2.65. The summed E-state index contributed by atoms with van der Waals surface area (Å²) >= 11 is 3.50. The summed E-state index contributed by atoms with van der Waals surface area (Å²) in [6, 6.07) is 6.21. The predicted molar refractivity (Wildman–Crippen MR) is 88.5 cm³/mol. The van der Waals surface area contributed by atoms with Crippen LogP contribution in [0.2, 0.25) is 0 Å². The Morgan fingerprint density at radius 2 is 2.05 bits per heavy atom. The van der Waals surface area contributed by atoms with Crippen LogP contribution in [-0.4, -0.2) is 5.78 Å². The molecular weight excluding hydrogens is 324 g/mol. The molecule has 3 aliphatic carbocycles.